The Hall–Kier alpha value is -2.71. The summed E-state index contributed by atoms with van der Waals surface area (Å²) >= 11 is 0. The van der Waals surface area contributed by atoms with E-state index in [0.717, 1.165) is 5.56 Å². The summed E-state index contributed by atoms with van der Waals surface area (Å²) in [6.07, 6.45) is -0.427. The molecule has 1 aromatic carbocycles. The highest BCUT2D eigenvalue weighted by atomic mass is 16.4. The predicted octanol–water partition coefficient (Wildman–Crippen LogP) is -0.331. The van der Waals surface area contributed by atoms with Gasteiger partial charge in [-0.05, 0) is 30.0 Å². The number of hydrogen-bond donors (Lipinski definition) is 4. The van der Waals surface area contributed by atoms with Crippen LogP contribution in [0, 0.1) is 5.92 Å². The molecule has 138 valence electrons. The molecule has 5 N–H and O–H groups in total. The molecule has 0 aromatic heterocycles. The Morgan fingerprint density at radius 3 is 2.77 bits per heavy atom. The molecular formula is C18H21N3O5. The molecule has 0 bridgehead atoms. The van der Waals surface area contributed by atoms with Crippen molar-refractivity contribution < 1.29 is 24.6 Å². The Labute approximate surface area is 150 Å². The number of carboxylic acid groups (broad SMARTS) is 1. The second-order valence-electron chi connectivity index (χ2n) is 6.65. The fraction of sp³-hybridized carbons (Fsp3) is 0.389. The van der Waals surface area contributed by atoms with Crippen LogP contribution in [0.1, 0.15) is 24.5 Å². The van der Waals surface area contributed by atoms with Crippen molar-refractivity contribution in [3.05, 3.63) is 41.1 Å². The van der Waals surface area contributed by atoms with Gasteiger partial charge in [0.25, 0.3) is 0 Å². The first kappa shape index (κ1) is 18.1. The van der Waals surface area contributed by atoms with Crippen LogP contribution in [0.5, 0.6) is 0 Å². The third kappa shape index (κ3) is 3.09. The molecule has 0 saturated carbocycles. The van der Waals surface area contributed by atoms with Gasteiger partial charge in [0.15, 0.2) is 0 Å². The molecule has 2 aliphatic rings. The summed E-state index contributed by atoms with van der Waals surface area (Å²) in [7, 11) is 0. The number of hydrogen-bond acceptors (Lipinski definition) is 5. The molecule has 3 atom stereocenters. The summed E-state index contributed by atoms with van der Waals surface area (Å²) in [5, 5.41) is 22.3. The van der Waals surface area contributed by atoms with Gasteiger partial charge in [0.1, 0.15) is 5.70 Å². The molecule has 8 heteroatoms. The standard InChI is InChI=1S/C18H21N3O5/c1-9(22)15-13-6-12(16(18(25)26)21(13)17(15)24)11-4-2-3-10(5-11)7-20-8-14(19)23/h2-5,9,13,15,20,22H,6-8H2,1H3,(H2,19,23)(H,25,26)/t9-,13-,15-/m1/s1. The maximum absolute atomic E-state index is 12.3. The SMILES string of the molecule is C[C@@H](O)[C@H]1C(=O)N2C(C(=O)O)=C(c3cccc(CNCC(N)=O)c3)C[C@H]12. The van der Waals surface area contributed by atoms with Crippen LogP contribution in [0.25, 0.3) is 5.57 Å². The number of primary amides is 1. The Kier molecular flexibility index (Phi) is 4.80. The van der Waals surface area contributed by atoms with Gasteiger partial charge in [-0.3, -0.25) is 9.59 Å². The van der Waals surface area contributed by atoms with Crippen molar-refractivity contribution >= 4 is 23.4 Å². The molecule has 2 amide bonds. The lowest BCUT2D eigenvalue weighted by molar-refractivity contribution is -0.161. The van der Waals surface area contributed by atoms with E-state index in [0.29, 0.717) is 24.1 Å². The largest absolute Gasteiger partial charge is 0.477 e. The lowest BCUT2D eigenvalue weighted by Crippen LogP contribution is -2.61. The van der Waals surface area contributed by atoms with Crippen LogP contribution < -0.4 is 11.1 Å². The summed E-state index contributed by atoms with van der Waals surface area (Å²) in [4.78, 5) is 36.1. The lowest BCUT2D eigenvalue weighted by atomic mass is 9.82. The molecule has 0 radical (unpaired) electrons. The zero-order valence-electron chi connectivity index (χ0n) is 14.3. The molecule has 2 aliphatic heterocycles. The number of benzene rings is 1. The number of nitrogens with two attached hydrogens (primary N) is 1. The minimum absolute atomic E-state index is 0.0147. The highest BCUT2D eigenvalue weighted by Gasteiger charge is 2.56. The second-order valence-corrected chi connectivity index (χ2v) is 6.65. The Bertz CT molecular complexity index is 802. The van der Waals surface area contributed by atoms with Crippen LogP contribution in [0.4, 0.5) is 0 Å². The first-order valence-electron chi connectivity index (χ1n) is 8.37. The fourth-order valence-corrected chi connectivity index (χ4v) is 3.73. The number of carboxylic acids is 1. The van der Waals surface area contributed by atoms with E-state index in [1.165, 1.54) is 4.90 Å². The van der Waals surface area contributed by atoms with Crippen LogP contribution in [0.3, 0.4) is 0 Å². The van der Waals surface area contributed by atoms with Crippen LogP contribution in [-0.2, 0) is 20.9 Å². The first-order valence-corrected chi connectivity index (χ1v) is 8.37. The summed E-state index contributed by atoms with van der Waals surface area (Å²) < 4.78 is 0. The average molecular weight is 359 g/mol. The third-order valence-corrected chi connectivity index (χ3v) is 4.83. The molecule has 3 rings (SSSR count). The quantitative estimate of drug-likeness (QED) is 0.493. The highest BCUT2D eigenvalue weighted by Crippen LogP contribution is 2.46. The molecule has 26 heavy (non-hydrogen) atoms. The second kappa shape index (κ2) is 6.89. The van der Waals surface area contributed by atoms with E-state index in [2.05, 4.69) is 5.32 Å². The van der Waals surface area contributed by atoms with Crippen LogP contribution in [0.15, 0.2) is 30.0 Å². The summed E-state index contributed by atoms with van der Waals surface area (Å²) in [5.74, 6) is -2.53. The zero-order chi connectivity index (χ0) is 19.0. The minimum Gasteiger partial charge on any atom is -0.477 e. The number of aliphatic hydroxyl groups is 1. The van der Waals surface area contributed by atoms with Crippen molar-refractivity contribution in [2.75, 3.05) is 6.54 Å². The number of aliphatic carboxylic acids is 1. The van der Waals surface area contributed by atoms with Gasteiger partial charge < -0.3 is 26.2 Å². The van der Waals surface area contributed by atoms with Crippen LogP contribution in [-0.4, -0.2) is 51.6 Å². The van der Waals surface area contributed by atoms with E-state index < -0.39 is 23.9 Å². The molecule has 0 unspecified atom stereocenters. The number of aliphatic hydroxyl groups excluding tert-OH is 1. The number of β-lactam (4-membered cyclic amide) rings is 1. The first-order chi connectivity index (χ1) is 12.3. The van der Waals surface area contributed by atoms with E-state index in [1.54, 1.807) is 19.1 Å². The van der Waals surface area contributed by atoms with E-state index in [1.807, 2.05) is 12.1 Å². The van der Waals surface area contributed by atoms with Gasteiger partial charge in [-0.1, -0.05) is 24.3 Å². The van der Waals surface area contributed by atoms with Gasteiger partial charge in [-0.25, -0.2) is 4.79 Å². The van der Waals surface area contributed by atoms with Crippen LogP contribution >= 0.6 is 0 Å². The number of nitrogens with one attached hydrogen (secondary N) is 1. The average Bonchev–Trinajstić information content (AvgIpc) is 2.89. The molecule has 1 saturated heterocycles. The smallest absolute Gasteiger partial charge is 0.352 e. The minimum atomic E-state index is -1.16. The van der Waals surface area contributed by atoms with Gasteiger partial charge in [0.05, 0.1) is 24.6 Å². The normalized spacial score (nSPS) is 22.8. The molecule has 1 aromatic rings. The number of carbonyl (C=O) groups excluding carboxylic acids is 2. The van der Waals surface area contributed by atoms with Crippen molar-refractivity contribution in [1.29, 1.82) is 0 Å². The number of amides is 2. The van der Waals surface area contributed by atoms with E-state index in [4.69, 9.17) is 5.73 Å². The molecule has 0 spiro atoms. The van der Waals surface area contributed by atoms with Crippen molar-refractivity contribution in [3.63, 3.8) is 0 Å². The van der Waals surface area contributed by atoms with Crippen molar-refractivity contribution in [2.24, 2.45) is 11.7 Å². The maximum atomic E-state index is 12.3. The maximum Gasteiger partial charge on any atom is 0.352 e. The predicted molar refractivity (Wildman–Crippen MR) is 92.3 cm³/mol. The van der Waals surface area contributed by atoms with E-state index in [9.17, 15) is 24.6 Å². The molecule has 2 heterocycles. The summed E-state index contributed by atoms with van der Waals surface area (Å²) in [6.45, 7) is 2.01. The molecule has 1 fully saturated rings. The summed E-state index contributed by atoms with van der Waals surface area (Å²) in [6, 6.07) is 6.96. The van der Waals surface area contributed by atoms with Gasteiger partial charge in [-0.2, -0.15) is 0 Å². The topological polar surface area (TPSA) is 133 Å². The number of nitrogens with zero attached hydrogens (tertiary/aromatic N) is 1. The van der Waals surface area contributed by atoms with Gasteiger partial charge in [-0.15, -0.1) is 0 Å². The third-order valence-electron chi connectivity index (χ3n) is 4.83. The van der Waals surface area contributed by atoms with Gasteiger partial charge in [0, 0.05) is 6.54 Å². The summed E-state index contributed by atoms with van der Waals surface area (Å²) in [5.41, 5.74) is 7.24. The van der Waals surface area contributed by atoms with Gasteiger partial charge >= 0.3 is 5.97 Å². The van der Waals surface area contributed by atoms with Crippen molar-refractivity contribution in [2.45, 2.75) is 32.0 Å². The zero-order valence-corrected chi connectivity index (χ0v) is 14.3. The van der Waals surface area contributed by atoms with Gasteiger partial charge in [0.2, 0.25) is 11.8 Å². The monoisotopic (exact) mass is 359 g/mol. The Morgan fingerprint density at radius 1 is 1.42 bits per heavy atom. The molecule has 8 nitrogen and oxygen atoms in total. The highest BCUT2D eigenvalue weighted by molar-refractivity contribution is 6.06. The molecule has 0 aliphatic carbocycles. The molecular weight excluding hydrogens is 338 g/mol. The van der Waals surface area contributed by atoms with Crippen molar-refractivity contribution in [1.82, 2.24) is 10.2 Å². The van der Waals surface area contributed by atoms with Crippen molar-refractivity contribution in [3.8, 4) is 0 Å². The Morgan fingerprint density at radius 2 is 2.15 bits per heavy atom. The number of carbonyl (C=O) groups is 3. The number of rotatable bonds is 7. The Balaban J connectivity index is 1.87. The van der Waals surface area contributed by atoms with E-state index >= 15 is 0 Å². The lowest BCUT2D eigenvalue weighted by Gasteiger charge is -2.44. The van der Waals surface area contributed by atoms with E-state index in [-0.39, 0.29) is 24.2 Å². The number of fused-ring (bicyclic) bond motifs is 1. The fourth-order valence-electron chi connectivity index (χ4n) is 3.73. The van der Waals surface area contributed by atoms with Crippen LogP contribution in [0.2, 0.25) is 0 Å².